The number of nitrogens with zero attached hydrogens (tertiary/aromatic N) is 6. The van der Waals surface area contributed by atoms with Crippen molar-refractivity contribution in [3.8, 4) is 35.5 Å². The fraction of sp³-hybridized carbons (Fsp3) is 0.556. The second-order valence-corrected chi connectivity index (χ2v) is 22.7. The van der Waals surface area contributed by atoms with Crippen LogP contribution in [0.3, 0.4) is 0 Å². The summed E-state index contributed by atoms with van der Waals surface area (Å²) >= 11 is 0. The molecule has 0 bridgehead atoms. The molecule has 0 N–H and O–H groups in total. The first kappa shape index (κ1) is 50.9. The number of hydrogen-bond donors (Lipinski definition) is 0. The normalized spacial score (nSPS) is 25.8. The number of unbranched alkanes of at least 4 members (excludes halogenated alkanes) is 3. The fourth-order valence-electron chi connectivity index (χ4n) is 11.3. The third-order valence-corrected chi connectivity index (χ3v) is 16.3. The topological polar surface area (TPSA) is 214 Å². The van der Waals surface area contributed by atoms with Crippen LogP contribution >= 0.6 is 7.82 Å². The Morgan fingerprint density at radius 2 is 0.889 bits per heavy atom. The van der Waals surface area contributed by atoms with E-state index in [9.17, 15) is 30.2 Å². The number of hydrogen-bond acceptors (Lipinski definition) is 14. The zero-order chi connectivity index (χ0) is 51.2. The Morgan fingerprint density at radius 3 is 1.24 bits per heavy atom. The van der Waals surface area contributed by atoms with Gasteiger partial charge in [-0.2, -0.15) is 15.8 Å². The highest BCUT2D eigenvalue weighted by Crippen LogP contribution is 2.61. The van der Waals surface area contributed by atoms with Gasteiger partial charge >= 0.3 is 7.82 Å². The van der Waals surface area contributed by atoms with Crippen molar-refractivity contribution < 1.29 is 51.5 Å². The summed E-state index contributed by atoms with van der Waals surface area (Å²) in [7, 11) is -4.78. The van der Waals surface area contributed by atoms with Gasteiger partial charge in [0.1, 0.15) is 52.4 Å². The lowest BCUT2D eigenvalue weighted by Gasteiger charge is -2.50. The number of carbonyl (C=O) groups excluding carboxylic acids is 3. The second-order valence-electron chi connectivity index (χ2n) is 21.2. The number of fused-ring (bicyclic) bond motifs is 3. The first-order chi connectivity index (χ1) is 34.4. The van der Waals surface area contributed by atoms with E-state index in [-0.39, 0.29) is 24.3 Å². The van der Waals surface area contributed by atoms with E-state index < -0.39 is 61.1 Å². The average Bonchev–Trinajstić information content (AvgIpc) is 4.10. The molecule has 0 radical (unpaired) electrons. The van der Waals surface area contributed by atoms with Gasteiger partial charge in [0, 0.05) is 62.2 Å². The maximum absolute atomic E-state index is 16.0. The van der Waals surface area contributed by atoms with Crippen molar-refractivity contribution in [2.24, 2.45) is 0 Å². The molecule has 0 spiro atoms. The van der Waals surface area contributed by atoms with Gasteiger partial charge in [-0.1, -0.05) is 12.8 Å². The first-order valence-electron chi connectivity index (χ1n) is 25.2. The van der Waals surface area contributed by atoms with Crippen LogP contribution in [-0.4, -0.2) is 100 Å². The number of phosphoric ester groups is 1. The first-order valence-corrected chi connectivity index (χ1v) is 26.6. The molecule has 17 nitrogen and oxygen atoms in total. The molecular formula is C54H63N6O11P. The van der Waals surface area contributed by atoms with Crippen LogP contribution in [0.25, 0.3) is 0 Å². The van der Waals surface area contributed by atoms with Crippen molar-refractivity contribution in [1.82, 2.24) is 14.7 Å². The Kier molecular flexibility index (Phi) is 14.2. The van der Waals surface area contributed by atoms with Crippen molar-refractivity contribution in [2.45, 2.75) is 159 Å². The van der Waals surface area contributed by atoms with Gasteiger partial charge in [0.05, 0.1) is 59.6 Å². The van der Waals surface area contributed by atoms with E-state index in [1.807, 2.05) is 18.7 Å². The largest absolute Gasteiger partial charge is 0.485 e. The van der Waals surface area contributed by atoms with Gasteiger partial charge < -0.3 is 33.6 Å². The highest BCUT2D eigenvalue weighted by Gasteiger charge is 2.57. The van der Waals surface area contributed by atoms with Crippen LogP contribution in [0, 0.1) is 34.0 Å². The summed E-state index contributed by atoms with van der Waals surface area (Å²) in [6.45, 7) is 12.7. The van der Waals surface area contributed by atoms with E-state index in [4.69, 9.17) is 32.5 Å². The molecule has 3 fully saturated rings. The molecule has 3 aromatic rings. The summed E-state index contributed by atoms with van der Waals surface area (Å²) in [5, 5.41) is 29.7. The molecule has 6 aliphatic rings. The number of benzene rings is 3. The molecule has 3 aromatic carbocycles. The minimum Gasteiger partial charge on any atom is -0.485 e. The summed E-state index contributed by atoms with van der Waals surface area (Å²) in [5.41, 5.74) is -0.263. The van der Waals surface area contributed by atoms with Crippen LogP contribution in [0.15, 0.2) is 54.6 Å². The molecule has 0 aliphatic carbocycles. The van der Waals surface area contributed by atoms with E-state index in [1.165, 1.54) is 0 Å². The van der Waals surface area contributed by atoms with Crippen molar-refractivity contribution in [3.63, 3.8) is 0 Å². The Hall–Kier alpha value is -5.99. The average molecular weight is 1000 g/mol. The number of likely N-dealkylation sites (tertiary alicyclic amines) is 3. The Bertz CT molecular complexity index is 2680. The summed E-state index contributed by atoms with van der Waals surface area (Å²) < 4.78 is 62.2. The van der Waals surface area contributed by atoms with Crippen molar-refractivity contribution in [2.75, 3.05) is 32.8 Å². The SMILES string of the molecule is CC1(C)Oc2ccc(C#N)cc2[C@@H](N2CCCC2=O)[C@@H]1OCCCCCCOP(=O)(O[C@H]1[C@H](N2CCCC2=O)c2cc(C#N)ccc2OC1(C)C)O[C@H]1[C@H](N2CCCC2=O)c2cc(C#N)ccc2OC1(C)C. The fourth-order valence-corrected chi connectivity index (χ4v) is 13.2. The zero-order valence-corrected chi connectivity index (χ0v) is 42.8. The summed E-state index contributed by atoms with van der Waals surface area (Å²) in [6, 6.07) is 19.8. The van der Waals surface area contributed by atoms with Crippen LogP contribution in [0.2, 0.25) is 0 Å². The predicted octanol–water partition coefficient (Wildman–Crippen LogP) is 9.05. The standard InChI is InChI=1S/C54H63N6O11P/c1-52(2)49(46(58-23-11-14-43(58)61)37-28-34(31-55)17-20-40(37)67-52)65-26-9-7-8-10-27-66-72(64,70-50-47(59-24-12-15-44(59)62)38-29-35(32-56)18-21-41(38)68-53(50,3)4)71-51-48(60-25-13-16-45(60)63)39-30-36(33-57)19-22-42(39)69-54(51,5)6/h17-22,28-30,46-51H,7-16,23-27H2,1-6H3/t46-,47-,48-,49+,50+,51+/m1/s1. The van der Waals surface area contributed by atoms with Crippen LogP contribution < -0.4 is 14.2 Å². The van der Waals surface area contributed by atoms with Crippen molar-refractivity contribution in [3.05, 3.63) is 88.0 Å². The lowest BCUT2D eigenvalue weighted by molar-refractivity contribution is -0.149. The number of nitriles is 3. The van der Waals surface area contributed by atoms with E-state index in [0.717, 1.165) is 12.0 Å². The Balaban J connectivity index is 0.966. The molecule has 6 atom stereocenters. The highest BCUT2D eigenvalue weighted by atomic mass is 31.2. The molecule has 380 valence electrons. The van der Waals surface area contributed by atoms with Gasteiger partial charge in [0.2, 0.25) is 17.7 Å². The summed E-state index contributed by atoms with van der Waals surface area (Å²) in [5.74, 6) is 1.33. The van der Waals surface area contributed by atoms with Gasteiger partial charge in [0.15, 0.2) is 0 Å². The van der Waals surface area contributed by atoms with E-state index in [0.29, 0.717) is 129 Å². The molecule has 3 saturated heterocycles. The van der Waals surface area contributed by atoms with Gasteiger partial charge in [-0.15, -0.1) is 0 Å². The molecule has 0 saturated carbocycles. The number of amides is 3. The quantitative estimate of drug-likeness (QED) is 0.0967. The third-order valence-electron chi connectivity index (χ3n) is 14.8. The Labute approximate surface area is 421 Å². The highest BCUT2D eigenvalue weighted by molar-refractivity contribution is 7.48. The van der Waals surface area contributed by atoms with Gasteiger partial charge in [0.25, 0.3) is 0 Å². The lowest BCUT2D eigenvalue weighted by atomic mass is 9.84. The number of rotatable bonds is 16. The van der Waals surface area contributed by atoms with E-state index in [1.54, 1.807) is 92.1 Å². The van der Waals surface area contributed by atoms with Crippen LogP contribution in [-0.2, 0) is 37.3 Å². The molecule has 9 rings (SSSR count). The minimum absolute atomic E-state index is 0.0417. The van der Waals surface area contributed by atoms with Gasteiger partial charge in [-0.25, -0.2) is 4.57 Å². The van der Waals surface area contributed by atoms with Crippen LogP contribution in [0.4, 0.5) is 0 Å². The summed E-state index contributed by atoms with van der Waals surface area (Å²) in [4.78, 5) is 45.8. The van der Waals surface area contributed by atoms with E-state index >= 15 is 4.57 Å². The van der Waals surface area contributed by atoms with Crippen LogP contribution in [0.1, 0.15) is 157 Å². The van der Waals surface area contributed by atoms with Crippen LogP contribution in [0.5, 0.6) is 17.2 Å². The number of phosphoric acid groups is 1. The number of carbonyl (C=O) groups is 3. The second kappa shape index (κ2) is 20.1. The molecule has 6 aliphatic heterocycles. The number of ether oxygens (including phenoxy) is 4. The van der Waals surface area contributed by atoms with Crippen molar-refractivity contribution >= 4 is 25.5 Å². The van der Waals surface area contributed by atoms with Crippen molar-refractivity contribution in [1.29, 1.82) is 15.8 Å². The van der Waals surface area contributed by atoms with Gasteiger partial charge in [-0.3, -0.25) is 28.0 Å². The Morgan fingerprint density at radius 1 is 0.542 bits per heavy atom. The molecule has 18 heteroatoms. The summed E-state index contributed by atoms with van der Waals surface area (Å²) in [6.07, 6.45) is 2.61. The zero-order valence-electron chi connectivity index (χ0n) is 41.9. The molecular weight excluding hydrogens is 940 g/mol. The molecule has 0 unspecified atom stereocenters. The maximum atomic E-state index is 16.0. The minimum atomic E-state index is -4.78. The lowest BCUT2D eigenvalue weighted by Crippen LogP contribution is -2.56. The van der Waals surface area contributed by atoms with Gasteiger partial charge in [-0.05, 0) is 128 Å². The molecule has 0 aromatic heterocycles. The molecule has 3 amide bonds. The van der Waals surface area contributed by atoms with E-state index in [2.05, 4.69) is 18.2 Å². The molecule has 72 heavy (non-hydrogen) atoms. The predicted molar refractivity (Wildman–Crippen MR) is 260 cm³/mol. The smallest absolute Gasteiger partial charge is 0.475 e. The molecule has 6 heterocycles. The maximum Gasteiger partial charge on any atom is 0.475 e. The third kappa shape index (κ3) is 9.93. The monoisotopic (exact) mass is 1000 g/mol.